The number of rotatable bonds is 5. The van der Waals surface area contributed by atoms with E-state index in [0.29, 0.717) is 12.5 Å². The first-order valence-electron chi connectivity index (χ1n) is 7.61. The zero-order valence-electron chi connectivity index (χ0n) is 12.6. The van der Waals surface area contributed by atoms with Gasteiger partial charge in [0.1, 0.15) is 11.6 Å². The van der Waals surface area contributed by atoms with Crippen LogP contribution in [-0.4, -0.2) is 44.4 Å². The van der Waals surface area contributed by atoms with E-state index < -0.39 is 5.54 Å². The Balaban J connectivity index is 1.66. The fourth-order valence-corrected chi connectivity index (χ4v) is 3.10. The van der Waals surface area contributed by atoms with Crippen LogP contribution >= 0.6 is 0 Å². The quantitative estimate of drug-likeness (QED) is 0.872. The number of hydrogen-bond acceptors (Lipinski definition) is 3. The molecule has 2 fully saturated rings. The third-order valence-electron chi connectivity index (χ3n) is 4.70. The van der Waals surface area contributed by atoms with Crippen molar-refractivity contribution in [2.75, 3.05) is 6.54 Å². The van der Waals surface area contributed by atoms with Gasteiger partial charge in [-0.3, -0.25) is 9.59 Å². The minimum atomic E-state index is -0.696. The van der Waals surface area contributed by atoms with E-state index in [2.05, 4.69) is 10.3 Å². The van der Waals surface area contributed by atoms with Gasteiger partial charge in [-0.15, -0.1) is 0 Å². The van der Waals surface area contributed by atoms with Crippen LogP contribution in [0.15, 0.2) is 18.7 Å². The van der Waals surface area contributed by atoms with Gasteiger partial charge >= 0.3 is 0 Å². The van der Waals surface area contributed by atoms with Crippen LogP contribution in [0.4, 0.5) is 0 Å². The normalized spacial score (nSPS) is 29.6. The second-order valence-corrected chi connectivity index (χ2v) is 6.29. The summed E-state index contributed by atoms with van der Waals surface area (Å²) in [5, 5.41) is 2.94. The summed E-state index contributed by atoms with van der Waals surface area (Å²) in [6.45, 7) is 5.09. The van der Waals surface area contributed by atoms with Gasteiger partial charge in [0.25, 0.3) is 0 Å². The predicted octanol–water partition coefficient (Wildman–Crippen LogP) is 0.789. The molecule has 2 atom stereocenters. The van der Waals surface area contributed by atoms with Crippen molar-refractivity contribution in [1.82, 2.24) is 19.8 Å². The van der Waals surface area contributed by atoms with Crippen molar-refractivity contribution < 1.29 is 9.59 Å². The largest absolute Gasteiger partial charge is 0.340 e. The second-order valence-electron chi connectivity index (χ2n) is 6.29. The van der Waals surface area contributed by atoms with Crippen LogP contribution in [-0.2, 0) is 16.1 Å². The maximum absolute atomic E-state index is 12.8. The van der Waals surface area contributed by atoms with E-state index in [1.807, 2.05) is 17.7 Å². The van der Waals surface area contributed by atoms with Crippen LogP contribution in [0.1, 0.15) is 33.1 Å². The average molecular weight is 290 g/mol. The number of hydrogen-bond donors (Lipinski definition) is 1. The smallest absolute Gasteiger partial charge is 0.248 e. The van der Waals surface area contributed by atoms with Crippen LogP contribution in [0.3, 0.4) is 0 Å². The Kier molecular flexibility index (Phi) is 3.47. The highest BCUT2D eigenvalue weighted by molar-refractivity contribution is 5.99. The number of imidazole rings is 1. The topological polar surface area (TPSA) is 67.2 Å². The Hall–Kier alpha value is -1.85. The van der Waals surface area contributed by atoms with Crippen LogP contribution in [0.25, 0.3) is 0 Å². The Morgan fingerprint density at radius 2 is 2.14 bits per heavy atom. The third kappa shape index (κ3) is 2.54. The minimum absolute atomic E-state index is 0.0355. The number of aromatic nitrogens is 2. The summed E-state index contributed by atoms with van der Waals surface area (Å²) in [7, 11) is 0. The fourth-order valence-electron chi connectivity index (χ4n) is 3.10. The number of piperazine rings is 1. The highest BCUT2D eigenvalue weighted by Gasteiger charge is 2.54. The maximum atomic E-state index is 12.8. The molecule has 1 aromatic heterocycles. The monoisotopic (exact) mass is 290 g/mol. The molecule has 3 rings (SSSR count). The fraction of sp³-hybridized carbons (Fsp3) is 0.667. The van der Waals surface area contributed by atoms with Gasteiger partial charge < -0.3 is 14.8 Å². The van der Waals surface area contributed by atoms with Gasteiger partial charge in [-0.25, -0.2) is 4.98 Å². The highest BCUT2D eigenvalue weighted by Crippen LogP contribution is 2.42. The number of amides is 2. The molecule has 21 heavy (non-hydrogen) atoms. The molecule has 2 heterocycles. The third-order valence-corrected chi connectivity index (χ3v) is 4.70. The molecular weight excluding hydrogens is 268 g/mol. The molecule has 0 aromatic carbocycles. The minimum Gasteiger partial charge on any atom is -0.340 e. The molecule has 2 amide bonds. The lowest BCUT2D eigenvalue weighted by Gasteiger charge is -2.43. The molecule has 1 aliphatic carbocycles. The van der Waals surface area contributed by atoms with E-state index in [1.54, 1.807) is 24.3 Å². The number of nitrogens with zero attached hydrogens (tertiary/aromatic N) is 3. The van der Waals surface area contributed by atoms with Crippen molar-refractivity contribution in [3.8, 4) is 0 Å². The molecule has 1 aromatic rings. The maximum Gasteiger partial charge on any atom is 0.248 e. The van der Waals surface area contributed by atoms with Crippen LogP contribution < -0.4 is 5.32 Å². The van der Waals surface area contributed by atoms with E-state index in [4.69, 9.17) is 0 Å². The summed E-state index contributed by atoms with van der Waals surface area (Å²) in [5.41, 5.74) is -0.696. The van der Waals surface area contributed by atoms with E-state index in [0.717, 1.165) is 25.8 Å². The van der Waals surface area contributed by atoms with Gasteiger partial charge in [0.2, 0.25) is 11.8 Å². The molecule has 6 nitrogen and oxygen atoms in total. The summed E-state index contributed by atoms with van der Waals surface area (Å²) in [4.78, 5) is 30.7. The molecule has 2 aliphatic rings. The first-order valence-corrected chi connectivity index (χ1v) is 7.61. The number of aryl methyl sites for hydroxylation is 1. The molecule has 0 bridgehead atoms. The van der Waals surface area contributed by atoms with Crippen molar-refractivity contribution in [3.05, 3.63) is 18.7 Å². The van der Waals surface area contributed by atoms with Gasteiger partial charge in [-0.1, -0.05) is 0 Å². The number of carbonyl (C=O) groups excluding carboxylic acids is 2. The molecule has 1 saturated carbocycles. The first-order chi connectivity index (χ1) is 10.0. The summed E-state index contributed by atoms with van der Waals surface area (Å²) in [6, 6.07) is -0.382. The molecule has 0 radical (unpaired) electrons. The Bertz CT molecular complexity index is 538. The number of carbonyl (C=O) groups is 2. The molecule has 114 valence electrons. The van der Waals surface area contributed by atoms with Gasteiger partial charge in [0.05, 0.1) is 6.33 Å². The van der Waals surface area contributed by atoms with Crippen molar-refractivity contribution >= 4 is 11.8 Å². The van der Waals surface area contributed by atoms with Gasteiger partial charge in [0, 0.05) is 25.5 Å². The molecule has 1 aliphatic heterocycles. The lowest BCUT2D eigenvalue weighted by Crippen LogP contribution is -2.69. The van der Waals surface area contributed by atoms with E-state index in [9.17, 15) is 9.59 Å². The standard InChI is InChI=1S/C15H22N4O2/c1-11-13(20)17-15(2,12-4-5-12)14(21)19(11)8-3-7-18-9-6-16-10-18/h6,9-12H,3-5,7-8H2,1-2H3,(H,17,20). The zero-order chi connectivity index (χ0) is 15.0. The molecular formula is C15H22N4O2. The van der Waals surface area contributed by atoms with Crippen LogP contribution in [0.5, 0.6) is 0 Å². The van der Waals surface area contributed by atoms with Crippen molar-refractivity contribution in [2.45, 2.75) is 51.2 Å². The number of nitrogens with one attached hydrogen (secondary N) is 1. The molecule has 1 saturated heterocycles. The molecule has 6 heteroatoms. The lowest BCUT2D eigenvalue weighted by molar-refractivity contribution is -0.154. The average Bonchev–Trinajstić information content (AvgIpc) is 3.19. The summed E-state index contributed by atoms with van der Waals surface area (Å²) >= 11 is 0. The Labute approximate surface area is 124 Å². The second kappa shape index (κ2) is 5.16. The molecule has 0 spiro atoms. The van der Waals surface area contributed by atoms with E-state index >= 15 is 0 Å². The Morgan fingerprint density at radius 1 is 1.38 bits per heavy atom. The summed E-state index contributed by atoms with van der Waals surface area (Å²) < 4.78 is 1.99. The zero-order valence-corrected chi connectivity index (χ0v) is 12.6. The van der Waals surface area contributed by atoms with Crippen molar-refractivity contribution in [2.24, 2.45) is 5.92 Å². The van der Waals surface area contributed by atoms with Crippen LogP contribution in [0, 0.1) is 5.92 Å². The molecule has 2 unspecified atom stereocenters. The predicted molar refractivity (Wildman–Crippen MR) is 77.3 cm³/mol. The SMILES string of the molecule is CC1C(=O)NC(C)(C2CC2)C(=O)N1CCCn1ccnc1. The highest BCUT2D eigenvalue weighted by atomic mass is 16.2. The summed E-state index contributed by atoms with van der Waals surface area (Å²) in [5.74, 6) is 0.340. The first kappa shape index (κ1) is 14.1. The van der Waals surface area contributed by atoms with Gasteiger partial charge in [-0.05, 0) is 39.0 Å². The van der Waals surface area contributed by atoms with Crippen LogP contribution in [0.2, 0.25) is 0 Å². The van der Waals surface area contributed by atoms with E-state index in [1.165, 1.54) is 0 Å². The van der Waals surface area contributed by atoms with Gasteiger partial charge in [0.15, 0.2) is 0 Å². The Morgan fingerprint density at radius 3 is 2.76 bits per heavy atom. The van der Waals surface area contributed by atoms with Crippen molar-refractivity contribution in [3.63, 3.8) is 0 Å². The van der Waals surface area contributed by atoms with Crippen molar-refractivity contribution in [1.29, 1.82) is 0 Å². The van der Waals surface area contributed by atoms with Gasteiger partial charge in [-0.2, -0.15) is 0 Å². The van der Waals surface area contributed by atoms with E-state index in [-0.39, 0.29) is 17.9 Å². The molecule has 1 N–H and O–H groups in total. The summed E-state index contributed by atoms with van der Waals surface area (Å²) in [6.07, 6.45) is 8.29. The lowest BCUT2D eigenvalue weighted by atomic mass is 9.89.